The lowest BCUT2D eigenvalue weighted by atomic mass is 10.1. The van der Waals surface area contributed by atoms with Crippen molar-refractivity contribution < 1.29 is 31.5 Å². The van der Waals surface area contributed by atoms with E-state index in [2.05, 4.69) is 9.72 Å². The standard InChI is InChI=1S/C9H6ClF5N2O2/c10-7(18)3-2-17-4(1-16)6(5(3)8(11)12)19-9(13,14)15/h2,8H,1,16H2. The van der Waals surface area contributed by atoms with Crippen molar-refractivity contribution in [1.29, 1.82) is 0 Å². The SMILES string of the molecule is NCc1ncc(C(=O)Cl)c(C(F)F)c1OC(F)(F)F. The molecular weight excluding hydrogens is 299 g/mol. The van der Waals surface area contributed by atoms with Gasteiger partial charge in [-0.1, -0.05) is 0 Å². The summed E-state index contributed by atoms with van der Waals surface area (Å²) in [6.07, 6.45) is -8.02. The van der Waals surface area contributed by atoms with Gasteiger partial charge in [0, 0.05) is 12.7 Å². The van der Waals surface area contributed by atoms with Gasteiger partial charge in [-0.2, -0.15) is 0 Å². The average molecular weight is 305 g/mol. The number of alkyl halides is 5. The third-order valence-corrected chi connectivity index (χ3v) is 2.19. The van der Waals surface area contributed by atoms with Crippen molar-refractivity contribution in [3.05, 3.63) is 23.0 Å². The number of ether oxygens (including phenoxy) is 1. The number of nitrogens with two attached hydrogens (primary N) is 1. The van der Waals surface area contributed by atoms with Crippen molar-refractivity contribution in [3.8, 4) is 5.75 Å². The van der Waals surface area contributed by atoms with Crippen LogP contribution in [0.2, 0.25) is 0 Å². The van der Waals surface area contributed by atoms with Gasteiger partial charge in [0.2, 0.25) is 0 Å². The predicted octanol–water partition coefficient (Wildman–Crippen LogP) is 2.76. The first kappa shape index (κ1) is 15.6. The molecule has 0 aromatic carbocycles. The highest BCUT2D eigenvalue weighted by molar-refractivity contribution is 6.67. The number of aromatic nitrogens is 1. The summed E-state index contributed by atoms with van der Waals surface area (Å²) in [7, 11) is 0. The minimum absolute atomic E-state index is 0.561. The highest BCUT2D eigenvalue weighted by Gasteiger charge is 2.36. The lowest BCUT2D eigenvalue weighted by Gasteiger charge is -2.17. The number of carbonyl (C=O) groups excluding carboxylic acids is 1. The van der Waals surface area contributed by atoms with E-state index in [0.717, 1.165) is 0 Å². The molecule has 0 bridgehead atoms. The third-order valence-electron chi connectivity index (χ3n) is 1.99. The van der Waals surface area contributed by atoms with Crippen LogP contribution >= 0.6 is 11.6 Å². The van der Waals surface area contributed by atoms with Crippen molar-refractivity contribution in [2.24, 2.45) is 5.73 Å². The van der Waals surface area contributed by atoms with Crippen LogP contribution in [0.15, 0.2) is 6.20 Å². The molecule has 10 heteroatoms. The minimum atomic E-state index is -5.23. The maximum absolute atomic E-state index is 12.8. The quantitative estimate of drug-likeness (QED) is 0.686. The highest BCUT2D eigenvalue weighted by Crippen LogP contribution is 2.37. The van der Waals surface area contributed by atoms with E-state index in [1.807, 2.05) is 0 Å². The summed E-state index contributed by atoms with van der Waals surface area (Å²) in [5.74, 6) is -1.29. The van der Waals surface area contributed by atoms with Crippen LogP contribution < -0.4 is 10.5 Å². The Bertz CT molecular complexity index is 492. The first-order chi connectivity index (χ1) is 8.67. The Morgan fingerprint density at radius 1 is 1.47 bits per heavy atom. The fourth-order valence-corrected chi connectivity index (χ4v) is 1.45. The van der Waals surface area contributed by atoms with Crippen molar-refractivity contribution in [1.82, 2.24) is 4.98 Å². The Labute approximate surface area is 108 Å². The van der Waals surface area contributed by atoms with Crippen molar-refractivity contribution in [3.63, 3.8) is 0 Å². The lowest BCUT2D eigenvalue weighted by molar-refractivity contribution is -0.275. The van der Waals surface area contributed by atoms with Crippen LogP contribution in [0.1, 0.15) is 28.0 Å². The van der Waals surface area contributed by atoms with Gasteiger partial charge in [-0.05, 0) is 11.6 Å². The van der Waals surface area contributed by atoms with Gasteiger partial charge in [0.25, 0.3) is 11.7 Å². The highest BCUT2D eigenvalue weighted by atomic mass is 35.5. The Morgan fingerprint density at radius 3 is 2.42 bits per heavy atom. The average Bonchev–Trinajstić information content (AvgIpc) is 2.25. The van der Waals surface area contributed by atoms with Crippen LogP contribution in [0, 0.1) is 0 Å². The van der Waals surface area contributed by atoms with Gasteiger partial charge in [-0.15, -0.1) is 13.2 Å². The predicted molar refractivity (Wildman–Crippen MR) is 54.0 cm³/mol. The van der Waals surface area contributed by atoms with E-state index >= 15 is 0 Å². The maximum atomic E-state index is 12.8. The Kier molecular flexibility index (Phi) is 4.64. The maximum Gasteiger partial charge on any atom is 0.573 e. The molecule has 1 aromatic rings. The van der Waals surface area contributed by atoms with E-state index in [1.54, 1.807) is 0 Å². The number of hydrogen-bond donors (Lipinski definition) is 1. The molecule has 0 atom stereocenters. The molecule has 4 nitrogen and oxygen atoms in total. The van der Waals surface area contributed by atoms with Crippen LogP contribution in [-0.2, 0) is 6.54 Å². The van der Waals surface area contributed by atoms with Gasteiger partial charge in [-0.3, -0.25) is 9.78 Å². The molecule has 1 heterocycles. The molecule has 0 saturated carbocycles. The van der Waals surface area contributed by atoms with E-state index in [4.69, 9.17) is 17.3 Å². The largest absolute Gasteiger partial charge is 0.573 e. The summed E-state index contributed by atoms with van der Waals surface area (Å²) in [5, 5.41) is -1.38. The van der Waals surface area contributed by atoms with Crippen LogP contribution in [0.3, 0.4) is 0 Å². The van der Waals surface area contributed by atoms with Crippen LogP contribution in [0.5, 0.6) is 5.75 Å². The van der Waals surface area contributed by atoms with Crippen LogP contribution in [0.4, 0.5) is 22.0 Å². The first-order valence-corrected chi connectivity index (χ1v) is 5.00. The summed E-state index contributed by atoms with van der Waals surface area (Å²) >= 11 is 5.01. The number of rotatable bonds is 4. The summed E-state index contributed by atoms with van der Waals surface area (Å²) in [6.45, 7) is -0.581. The monoisotopic (exact) mass is 304 g/mol. The van der Waals surface area contributed by atoms with Gasteiger partial charge in [0.05, 0.1) is 16.8 Å². The second-order valence-electron chi connectivity index (χ2n) is 3.19. The van der Waals surface area contributed by atoms with E-state index in [1.165, 1.54) is 0 Å². The minimum Gasteiger partial charge on any atom is -0.403 e. The molecule has 0 aliphatic heterocycles. The van der Waals surface area contributed by atoms with Gasteiger partial charge >= 0.3 is 6.36 Å². The lowest BCUT2D eigenvalue weighted by Crippen LogP contribution is -2.21. The molecule has 0 saturated heterocycles. The topological polar surface area (TPSA) is 65.2 Å². The Hall–Kier alpha value is -1.48. The zero-order chi connectivity index (χ0) is 14.8. The van der Waals surface area contributed by atoms with Gasteiger partial charge in [0.1, 0.15) is 0 Å². The van der Waals surface area contributed by atoms with Crippen molar-refractivity contribution in [2.75, 3.05) is 0 Å². The molecule has 0 amide bonds. The molecule has 0 aliphatic rings. The summed E-state index contributed by atoms with van der Waals surface area (Å²) in [4.78, 5) is 14.3. The Balaban J connectivity index is 3.52. The molecule has 2 N–H and O–H groups in total. The van der Waals surface area contributed by atoms with E-state index in [-0.39, 0.29) is 0 Å². The van der Waals surface area contributed by atoms with Gasteiger partial charge < -0.3 is 10.5 Å². The van der Waals surface area contributed by atoms with E-state index in [0.29, 0.717) is 6.20 Å². The number of hydrogen-bond acceptors (Lipinski definition) is 4. The van der Waals surface area contributed by atoms with E-state index in [9.17, 15) is 26.7 Å². The second kappa shape index (κ2) is 5.66. The molecule has 0 aliphatic carbocycles. The fraction of sp³-hybridized carbons (Fsp3) is 0.333. The normalized spacial score (nSPS) is 11.8. The fourth-order valence-electron chi connectivity index (χ4n) is 1.30. The molecule has 106 valence electrons. The van der Waals surface area contributed by atoms with Crippen molar-refractivity contribution >= 4 is 16.8 Å². The molecule has 0 fully saturated rings. The molecule has 0 unspecified atom stereocenters. The molecule has 1 aromatic heterocycles. The van der Waals surface area contributed by atoms with Gasteiger partial charge in [-0.25, -0.2) is 8.78 Å². The van der Waals surface area contributed by atoms with Crippen LogP contribution in [-0.4, -0.2) is 16.6 Å². The number of carbonyl (C=O) groups is 1. The smallest absolute Gasteiger partial charge is 0.403 e. The Morgan fingerprint density at radius 2 is 2.05 bits per heavy atom. The summed E-state index contributed by atoms with van der Waals surface area (Å²) in [6, 6.07) is 0. The first-order valence-electron chi connectivity index (χ1n) is 4.63. The summed E-state index contributed by atoms with van der Waals surface area (Å²) < 4.78 is 65.6. The molecular formula is C9H6ClF5N2O2. The zero-order valence-corrected chi connectivity index (χ0v) is 9.73. The third kappa shape index (κ3) is 3.74. The second-order valence-corrected chi connectivity index (χ2v) is 3.53. The number of pyridine rings is 1. The molecule has 19 heavy (non-hydrogen) atoms. The summed E-state index contributed by atoms with van der Waals surface area (Å²) in [5.41, 5.74) is 2.38. The van der Waals surface area contributed by atoms with E-state index < -0.39 is 47.1 Å². The zero-order valence-electron chi connectivity index (χ0n) is 8.97. The van der Waals surface area contributed by atoms with Gasteiger partial charge in [0.15, 0.2) is 5.75 Å². The molecule has 1 rings (SSSR count). The van der Waals surface area contributed by atoms with Crippen LogP contribution in [0.25, 0.3) is 0 Å². The molecule has 0 spiro atoms. The number of nitrogens with zero attached hydrogens (tertiary/aromatic N) is 1. The number of halogens is 6. The molecule has 0 radical (unpaired) electrons. The van der Waals surface area contributed by atoms with Crippen molar-refractivity contribution in [2.45, 2.75) is 19.3 Å².